The van der Waals surface area contributed by atoms with Gasteiger partial charge in [0.15, 0.2) is 0 Å². The number of carbonyl (C=O) groups is 1. The highest BCUT2D eigenvalue weighted by Gasteiger charge is 2.86. The van der Waals surface area contributed by atoms with Crippen LogP contribution in [0.25, 0.3) is 0 Å². The molecule has 176 valence electrons. The number of nitrogens with two attached hydrogens (primary N) is 1. The van der Waals surface area contributed by atoms with Crippen molar-refractivity contribution >= 4 is 5.78 Å². The van der Waals surface area contributed by atoms with Crippen molar-refractivity contribution < 1.29 is 15.0 Å². The van der Waals surface area contributed by atoms with Crippen LogP contribution in [0.3, 0.4) is 0 Å². The van der Waals surface area contributed by atoms with E-state index in [2.05, 4.69) is 46.7 Å². The van der Waals surface area contributed by atoms with Gasteiger partial charge in [0.05, 0.1) is 12.7 Å². The first kappa shape index (κ1) is 22.3. The number of hydrogen-bond acceptors (Lipinski definition) is 5. The minimum Gasteiger partial charge on any atom is -0.396 e. The third-order valence-corrected chi connectivity index (χ3v) is 12.5. The van der Waals surface area contributed by atoms with Crippen LogP contribution in [0, 0.1) is 44.8 Å². The van der Waals surface area contributed by atoms with Crippen LogP contribution in [0.5, 0.6) is 0 Å². The minimum atomic E-state index is -0.356. The van der Waals surface area contributed by atoms with Gasteiger partial charge in [-0.3, -0.25) is 4.79 Å². The lowest BCUT2D eigenvalue weighted by Gasteiger charge is -2.62. The molecule has 5 nitrogen and oxygen atoms in total. The van der Waals surface area contributed by atoms with E-state index < -0.39 is 0 Å². The number of hydrogen-bond donors (Lipinski definition) is 3. The van der Waals surface area contributed by atoms with E-state index in [1.807, 2.05) is 0 Å². The van der Waals surface area contributed by atoms with Crippen molar-refractivity contribution in [1.29, 1.82) is 0 Å². The second-order valence-electron chi connectivity index (χ2n) is 13.2. The number of nitrogens with zero attached hydrogens (tertiary/aromatic N) is 1. The largest absolute Gasteiger partial charge is 0.396 e. The Hall–Kier alpha value is -0.490. The molecule has 0 aromatic carbocycles. The fourth-order valence-electron chi connectivity index (χ4n) is 10.4. The molecule has 4 N–H and O–H groups in total. The molecule has 31 heavy (non-hydrogen) atoms. The van der Waals surface area contributed by atoms with Gasteiger partial charge in [-0.05, 0) is 87.6 Å². The van der Waals surface area contributed by atoms with Gasteiger partial charge in [0.1, 0.15) is 5.78 Å². The number of carbonyl (C=O) groups excluding carboxylic acids is 1. The average molecular weight is 433 g/mol. The number of rotatable bonds is 3. The highest BCUT2D eigenvalue weighted by atomic mass is 16.3. The molecular formula is C26H44N2O3. The summed E-state index contributed by atoms with van der Waals surface area (Å²) in [6.07, 6.45) is 6.06. The monoisotopic (exact) mass is 432 g/mol. The van der Waals surface area contributed by atoms with Crippen molar-refractivity contribution in [3.8, 4) is 0 Å². The van der Waals surface area contributed by atoms with E-state index in [4.69, 9.17) is 5.73 Å². The van der Waals surface area contributed by atoms with E-state index in [-0.39, 0.29) is 57.8 Å². The van der Waals surface area contributed by atoms with Gasteiger partial charge in [-0.15, -0.1) is 0 Å². The normalized spacial score (nSPS) is 58.9. The van der Waals surface area contributed by atoms with Gasteiger partial charge in [-0.2, -0.15) is 0 Å². The topological polar surface area (TPSA) is 86.8 Å². The summed E-state index contributed by atoms with van der Waals surface area (Å²) in [6.45, 7) is 9.22. The molecule has 5 aliphatic carbocycles. The molecule has 0 heterocycles. The van der Waals surface area contributed by atoms with Crippen molar-refractivity contribution in [3.05, 3.63) is 0 Å². The Bertz CT molecular complexity index is 802. The average Bonchev–Trinajstić information content (AvgIpc) is 3.34. The Morgan fingerprint density at radius 3 is 2.39 bits per heavy atom. The molecule has 0 unspecified atom stereocenters. The van der Waals surface area contributed by atoms with Crippen LogP contribution in [0.4, 0.5) is 0 Å². The Morgan fingerprint density at radius 2 is 1.77 bits per heavy atom. The highest BCUT2D eigenvalue weighted by Crippen LogP contribution is 2.87. The minimum absolute atomic E-state index is 0.0143. The molecule has 0 saturated heterocycles. The molecule has 0 amide bonds. The number of Topliss-reactive ketones (excluding diaryl/α,β-unsaturated/α-hetero) is 1. The predicted molar refractivity (Wildman–Crippen MR) is 121 cm³/mol. The van der Waals surface area contributed by atoms with Crippen molar-refractivity contribution in [2.24, 2.45) is 50.6 Å². The summed E-state index contributed by atoms with van der Waals surface area (Å²) >= 11 is 0. The van der Waals surface area contributed by atoms with Gasteiger partial charge >= 0.3 is 0 Å². The molecule has 11 atom stereocenters. The summed E-state index contributed by atoms with van der Waals surface area (Å²) in [6, 6.07) is 0.249. The predicted octanol–water partition coefficient (Wildman–Crippen LogP) is 2.83. The van der Waals surface area contributed by atoms with Gasteiger partial charge in [-0.1, -0.05) is 20.8 Å². The van der Waals surface area contributed by atoms with Crippen molar-refractivity contribution in [2.45, 2.75) is 90.8 Å². The molecule has 5 saturated carbocycles. The molecule has 5 rings (SSSR count). The molecular weight excluding hydrogens is 388 g/mol. The van der Waals surface area contributed by atoms with E-state index in [9.17, 15) is 15.0 Å². The Balaban J connectivity index is 1.58. The first-order chi connectivity index (χ1) is 14.4. The third-order valence-electron chi connectivity index (χ3n) is 12.5. The van der Waals surface area contributed by atoms with E-state index in [1.54, 1.807) is 0 Å². The first-order valence-corrected chi connectivity index (χ1v) is 12.6. The Kier molecular flexibility index (Phi) is 4.56. The number of ketones is 1. The van der Waals surface area contributed by atoms with Gasteiger partial charge in [-0.25, -0.2) is 0 Å². The maximum absolute atomic E-state index is 14.2. The van der Waals surface area contributed by atoms with Gasteiger partial charge in [0, 0.05) is 35.3 Å². The zero-order chi connectivity index (χ0) is 22.8. The summed E-state index contributed by atoms with van der Waals surface area (Å²) in [5.41, 5.74) is 5.86. The maximum Gasteiger partial charge on any atom is 0.140 e. The Morgan fingerprint density at radius 1 is 1.13 bits per heavy atom. The fraction of sp³-hybridized carbons (Fsp3) is 0.962. The standard InChI is InChI=1S/C26H44N2O3/c1-15(28(5)6)21-16(30)11-23(3)18-8-7-17-22(2,14-29)19(27)9-10-25(17)13-26(18,25)20(31)12-24(21,23)4/h15-19,21,29-30H,7-14,27H2,1-6H3/t15-,16+,17-,18-,19-,21-,22-,23-,24+,25+,26-/m0/s1. The van der Waals surface area contributed by atoms with Crippen LogP contribution < -0.4 is 5.73 Å². The van der Waals surface area contributed by atoms with Gasteiger partial charge in [0.2, 0.25) is 0 Å². The first-order valence-electron chi connectivity index (χ1n) is 12.6. The van der Waals surface area contributed by atoms with Crippen molar-refractivity contribution in [1.82, 2.24) is 4.90 Å². The fourth-order valence-corrected chi connectivity index (χ4v) is 10.4. The number of aliphatic hydroxyl groups excluding tert-OH is 2. The van der Waals surface area contributed by atoms with Gasteiger partial charge < -0.3 is 20.8 Å². The second-order valence-corrected chi connectivity index (χ2v) is 13.2. The summed E-state index contributed by atoms with van der Waals surface area (Å²) in [5, 5.41) is 21.7. The molecule has 2 spiro atoms. The van der Waals surface area contributed by atoms with Crippen LogP contribution in [-0.4, -0.2) is 59.8 Å². The zero-order valence-corrected chi connectivity index (χ0v) is 20.4. The quantitative estimate of drug-likeness (QED) is 0.638. The van der Waals surface area contributed by atoms with Gasteiger partial charge in [0.25, 0.3) is 0 Å². The zero-order valence-electron chi connectivity index (χ0n) is 20.4. The van der Waals surface area contributed by atoms with Crippen LogP contribution in [0.2, 0.25) is 0 Å². The smallest absolute Gasteiger partial charge is 0.140 e. The molecule has 0 aromatic heterocycles. The molecule has 0 bridgehead atoms. The lowest BCUT2D eigenvalue weighted by atomic mass is 9.41. The van der Waals surface area contributed by atoms with Crippen LogP contribution in [0.15, 0.2) is 0 Å². The van der Waals surface area contributed by atoms with E-state index in [1.165, 1.54) is 0 Å². The highest BCUT2D eigenvalue weighted by molar-refractivity contribution is 5.92. The van der Waals surface area contributed by atoms with E-state index >= 15 is 0 Å². The summed E-state index contributed by atoms with van der Waals surface area (Å²) < 4.78 is 0. The lowest BCUT2D eigenvalue weighted by Crippen LogP contribution is -2.63. The number of aliphatic hydroxyl groups is 2. The Labute approximate surface area is 188 Å². The maximum atomic E-state index is 14.2. The lowest BCUT2D eigenvalue weighted by molar-refractivity contribution is -0.172. The molecule has 5 heteroatoms. The molecule has 5 aliphatic rings. The summed E-state index contributed by atoms with van der Waals surface area (Å²) in [7, 11) is 4.18. The second kappa shape index (κ2) is 6.34. The molecule has 0 aromatic rings. The molecule has 0 aliphatic heterocycles. The molecule has 0 radical (unpaired) electrons. The SMILES string of the molecule is C[C@@H]([C@H]1[C@H](O)C[C@@]2(C)[C@@H]3CC[C@H]4[C@](C)(CO)[C@@H](N)CC[C@@]45C[C@@]35C(=O)C[C@]12C)N(C)C. The molecule has 5 fully saturated rings. The van der Waals surface area contributed by atoms with Crippen molar-refractivity contribution in [3.63, 3.8) is 0 Å². The van der Waals surface area contributed by atoms with E-state index in [0.717, 1.165) is 38.5 Å². The summed E-state index contributed by atoms with van der Waals surface area (Å²) in [5.74, 6) is 1.25. The van der Waals surface area contributed by atoms with Crippen LogP contribution in [0.1, 0.15) is 72.6 Å². The van der Waals surface area contributed by atoms with Crippen molar-refractivity contribution in [2.75, 3.05) is 20.7 Å². The summed E-state index contributed by atoms with van der Waals surface area (Å²) in [4.78, 5) is 16.4. The third kappa shape index (κ3) is 2.26. The van der Waals surface area contributed by atoms with Crippen LogP contribution in [-0.2, 0) is 4.79 Å². The number of fused-ring (bicyclic) bond motifs is 2. The van der Waals surface area contributed by atoms with E-state index in [0.29, 0.717) is 24.0 Å². The van der Waals surface area contributed by atoms with Crippen LogP contribution >= 0.6 is 0 Å².